The first-order valence-electron chi connectivity index (χ1n) is 5.72. The zero-order valence-corrected chi connectivity index (χ0v) is 10.3. The molecule has 6 heteroatoms. The number of hydrogen-bond acceptors (Lipinski definition) is 3. The van der Waals surface area contributed by atoms with E-state index < -0.39 is 11.9 Å². The molecule has 1 atom stereocenters. The number of nitrogens with zero attached hydrogens (tertiary/aromatic N) is 1. The fourth-order valence-electron chi connectivity index (χ4n) is 1.72. The summed E-state index contributed by atoms with van der Waals surface area (Å²) in [5.41, 5.74) is 0.608. The zero-order chi connectivity index (χ0) is 13.8. The molecule has 0 saturated carbocycles. The van der Waals surface area contributed by atoms with Gasteiger partial charge in [0, 0.05) is 0 Å². The van der Waals surface area contributed by atoms with Crippen LogP contribution in [0.25, 0.3) is 0 Å². The Morgan fingerprint density at radius 2 is 2.00 bits per heavy atom. The minimum Gasteiger partial charge on any atom is -0.477 e. The molecule has 0 bridgehead atoms. The number of carboxylic acids is 1. The second kappa shape index (κ2) is 5.34. The van der Waals surface area contributed by atoms with Gasteiger partial charge in [-0.15, -0.1) is 0 Å². The van der Waals surface area contributed by atoms with Crippen LogP contribution in [0.3, 0.4) is 0 Å². The lowest BCUT2D eigenvalue weighted by molar-refractivity contribution is 0.0684. The highest BCUT2D eigenvalue weighted by atomic mass is 16.4. The van der Waals surface area contributed by atoms with Crippen molar-refractivity contribution in [1.29, 1.82) is 0 Å². The van der Waals surface area contributed by atoms with Gasteiger partial charge in [0.2, 0.25) is 0 Å². The van der Waals surface area contributed by atoms with Gasteiger partial charge >= 0.3 is 5.97 Å². The summed E-state index contributed by atoms with van der Waals surface area (Å²) in [5, 5.41) is 11.6. The molecular weight excluding hydrogens is 246 g/mol. The van der Waals surface area contributed by atoms with E-state index in [2.05, 4.69) is 15.3 Å². The van der Waals surface area contributed by atoms with E-state index in [1.54, 1.807) is 0 Å². The third kappa shape index (κ3) is 2.79. The van der Waals surface area contributed by atoms with E-state index in [9.17, 15) is 9.59 Å². The first-order chi connectivity index (χ1) is 9.09. The van der Waals surface area contributed by atoms with E-state index >= 15 is 0 Å². The summed E-state index contributed by atoms with van der Waals surface area (Å²) >= 11 is 0. The van der Waals surface area contributed by atoms with Crippen LogP contribution in [0.1, 0.15) is 39.5 Å². The van der Waals surface area contributed by atoms with Crippen molar-refractivity contribution in [3.05, 3.63) is 53.6 Å². The average molecular weight is 259 g/mol. The Hall–Kier alpha value is -2.63. The van der Waals surface area contributed by atoms with Crippen LogP contribution in [-0.4, -0.2) is 27.0 Å². The highest BCUT2D eigenvalue weighted by molar-refractivity contribution is 6.02. The summed E-state index contributed by atoms with van der Waals surface area (Å²) in [7, 11) is 0. The highest BCUT2D eigenvalue weighted by Crippen LogP contribution is 2.12. The van der Waals surface area contributed by atoms with Crippen LogP contribution >= 0.6 is 0 Å². The Morgan fingerprint density at radius 3 is 2.63 bits per heavy atom. The Labute approximate surface area is 109 Å². The van der Waals surface area contributed by atoms with E-state index in [4.69, 9.17) is 5.11 Å². The van der Waals surface area contributed by atoms with Crippen molar-refractivity contribution < 1.29 is 14.7 Å². The number of amides is 1. The molecule has 2 aromatic rings. The van der Waals surface area contributed by atoms with Crippen molar-refractivity contribution in [2.24, 2.45) is 0 Å². The summed E-state index contributed by atoms with van der Waals surface area (Å²) in [4.78, 5) is 29.0. The van der Waals surface area contributed by atoms with Crippen LogP contribution in [0, 0.1) is 0 Å². The molecule has 6 nitrogen and oxygen atoms in total. The molecule has 0 fully saturated rings. The maximum Gasteiger partial charge on any atom is 0.354 e. The summed E-state index contributed by atoms with van der Waals surface area (Å²) in [6.07, 6.45) is 1.19. The van der Waals surface area contributed by atoms with Crippen LogP contribution in [0.15, 0.2) is 36.7 Å². The molecule has 3 N–H and O–H groups in total. The van der Waals surface area contributed by atoms with Gasteiger partial charge in [0.25, 0.3) is 5.91 Å². The van der Waals surface area contributed by atoms with Crippen molar-refractivity contribution in [3.63, 3.8) is 0 Å². The van der Waals surface area contributed by atoms with Gasteiger partial charge in [-0.05, 0) is 12.5 Å². The van der Waals surface area contributed by atoms with E-state index in [-0.39, 0.29) is 17.4 Å². The molecule has 0 aliphatic carbocycles. The first kappa shape index (κ1) is 12.8. The zero-order valence-electron chi connectivity index (χ0n) is 10.3. The Bertz CT molecular complexity index is 592. The Morgan fingerprint density at radius 1 is 1.32 bits per heavy atom. The van der Waals surface area contributed by atoms with Crippen molar-refractivity contribution in [2.45, 2.75) is 13.0 Å². The number of imidazole rings is 1. The summed E-state index contributed by atoms with van der Waals surface area (Å²) in [6, 6.07) is 9.16. The fourth-order valence-corrected chi connectivity index (χ4v) is 1.72. The average Bonchev–Trinajstić information content (AvgIpc) is 2.89. The lowest BCUT2D eigenvalue weighted by Crippen LogP contribution is -2.28. The van der Waals surface area contributed by atoms with E-state index in [0.717, 1.165) is 5.56 Å². The number of hydrogen-bond donors (Lipinski definition) is 3. The topological polar surface area (TPSA) is 95.1 Å². The summed E-state index contributed by atoms with van der Waals surface area (Å²) in [5.74, 6) is -1.73. The molecular formula is C13H13N3O3. The summed E-state index contributed by atoms with van der Waals surface area (Å²) in [6.45, 7) is 1.82. The van der Waals surface area contributed by atoms with Gasteiger partial charge in [0.1, 0.15) is 0 Å². The number of H-pyrrole nitrogens is 1. The monoisotopic (exact) mass is 259 g/mol. The molecule has 2 rings (SSSR count). The molecule has 0 unspecified atom stereocenters. The number of rotatable bonds is 4. The van der Waals surface area contributed by atoms with Crippen LogP contribution < -0.4 is 5.32 Å². The second-order valence-corrected chi connectivity index (χ2v) is 4.04. The predicted molar refractivity (Wildman–Crippen MR) is 67.9 cm³/mol. The number of aromatic amines is 1. The fraction of sp³-hybridized carbons (Fsp3) is 0.154. The predicted octanol–water partition coefficient (Wildman–Crippen LogP) is 1.60. The number of carbonyl (C=O) groups is 2. The molecule has 0 saturated heterocycles. The number of carboxylic acid groups (broad SMARTS) is 1. The molecule has 0 spiro atoms. The largest absolute Gasteiger partial charge is 0.477 e. The SMILES string of the molecule is C[C@@H](NC(=O)c1nc[nH]c1C(=O)O)c1ccccc1. The molecule has 1 amide bonds. The smallest absolute Gasteiger partial charge is 0.354 e. The van der Waals surface area contributed by atoms with Gasteiger partial charge in [-0.25, -0.2) is 9.78 Å². The standard InChI is InChI=1S/C13H13N3O3/c1-8(9-5-3-2-4-6-9)16-12(17)10-11(13(18)19)15-7-14-10/h2-8H,1H3,(H,14,15)(H,16,17)(H,18,19)/t8-/m1/s1. The van der Waals surface area contributed by atoms with Gasteiger partial charge in [-0.2, -0.15) is 0 Å². The van der Waals surface area contributed by atoms with Crippen molar-refractivity contribution in [3.8, 4) is 0 Å². The number of aromatic nitrogens is 2. The second-order valence-electron chi connectivity index (χ2n) is 4.04. The molecule has 0 radical (unpaired) electrons. The van der Waals surface area contributed by atoms with Crippen LogP contribution in [0.2, 0.25) is 0 Å². The highest BCUT2D eigenvalue weighted by Gasteiger charge is 2.21. The lowest BCUT2D eigenvalue weighted by Gasteiger charge is -2.13. The van der Waals surface area contributed by atoms with E-state index in [0.29, 0.717) is 0 Å². The van der Waals surface area contributed by atoms with E-state index in [1.165, 1.54) is 6.33 Å². The molecule has 98 valence electrons. The van der Waals surface area contributed by atoms with Gasteiger partial charge in [-0.3, -0.25) is 4.79 Å². The maximum atomic E-state index is 12.0. The quantitative estimate of drug-likeness (QED) is 0.777. The molecule has 1 heterocycles. The lowest BCUT2D eigenvalue weighted by atomic mass is 10.1. The molecule has 0 aliphatic heterocycles. The van der Waals surface area contributed by atoms with Gasteiger partial charge in [0.15, 0.2) is 11.4 Å². The van der Waals surface area contributed by atoms with Gasteiger partial charge in [0.05, 0.1) is 12.4 Å². The third-order valence-electron chi connectivity index (χ3n) is 2.72. The third-order valence-corrected chi connectivity index (χ3v) is 2.72. The van der Waals surface area contributed by atoms with Crippen molar-refractivity contribution in [1.82, 2.24) is 15.3 Å². The van der Waals surface area contributed by atoms with Gasteiger partial charge < -0.3 is 15.4 Å². The Balaban J connectivity index is 2.13. The van der Waals surface area contributed by atoms with Crippen LogP contribution in [-0.2, 0) is 0 Å². The normalized spacial score (nSPS) is 11.8. The molecule has 19 heavy (non-hydrogen) atoms. The number of carbonyl (C=O) groups excluding carboxylic acids is 1. The van der Waals surface area contributed by atoms with Crippen molar-refractivity contribution in [2.75, 3.05) is 0 Å². The molecule has 0 aliphatic rings. The minimum atomic E-state index is -1.21. The van der Waals surface area contributed by atoms with Crippen LogP contribution in [0.5, 0.6) is 0 Å². The number of aromatic carboxylic acids is 1. The molecule has 1 aromatic heterocycles. The number of benzene rings is 1. The number of nitrogens with one attached hydrogen (secondary N) is 2. The van der Waals surface area contributed by atoms with E-state index in [1.807, 2.05) is 37.3 Å². The summed E-state index contributed by atoms with van der Waals surface area (Å²) < 4.78 is 0. The van der Waals surface area contributed by atoms with Crippen molar-refractivity contribution >= 4 is 11.9 Å². The maximum absolute atomic E-state index is 12.0. The minimum absolute atomic E-state index is 0.115. The Kier molecular flexibility index (Phi) is 3.61. The van der Waals surface area contributed by atoms with Crippen LogP contribution in [0.4, 0.5) is 0 Å². The first-order valence-corrected chi connectivity index (χ1v) is 5.72. The molecule has 1 aromatic carbocycles. The van der Waals surface area contributed by atoms with Gasteiger partial charge in [-0.1, -0.05) is 30.3 Å².